The van der Waals surface area contributed by atoms with Gasteiger partial charge in [-0.05, 0) is 26.0 Å². The summed E-state index contributed by atoms with van der Waals surface area (Å²) in [6.07, 6.45) is -3.43. The van der Waals surface area contributed by atoms with E-state index in [1.807, 2.05) is 0 Å². The lowest BCUT2D eigenvalue weighted by atomic mass is 9.92. The predicted molar refractivity (Wildman–Crippen MR) is 59.2 cm³/mol. The maximum atomic E-state index is 12.5. The van der Waals surface area contributed by atoms with Crippen molar-refractivity contribution in [1.82, 2.24) is 0 Å². The summed E-state index contributed by atoms with van der Waals surface area (Å²) in [6, 6.07) is 2.09. The van der Waals surface area contributed by atoms with Gasteiger partial charge in [-0.2, -0.15) is 18.2 Å². The number of nitro benzene ring substituents is 1. The third kappa shape index (κ3) is 3.17. The number of nitro groups is 1. The second-order valence-electron chi connectivity index (χ2n) is 4.25. The smallest absolute Gasteiger partial charge is 0.258 e. The highest BCUT2D eigenvalue weighted by Crippen LogP contribution is 2.37. The van der Waals surface area contributed by atoms with E-state index in [4.69, 9.17) is 0 Å². The van der Waals surface area contributed by atoms with E-state index in [0.29, 0.717) is 12.1 Å². The number of halogens is 3. The molecule has 0 N–H and O–H groups in total. The van der Waals surface area contributed by atoms with Gasteiger partial charge in [0, 0.05) is 6.07 Å². The van der Waals surface area contributed by atoms with Crippen molar-refractivity contribution in [1.29, 1.82) is 0 Å². The maximum absolute atomic E-state index is 12.5. The van der Waals surface area contributed by atoms with Crippen LogP contribution >= 0.6 is 0 Å². The molecule has 0 fully saturated rings. The number of aliphatic imine (C=N–C) groups is 1. The number of isocyanates is 1. The molecule has 0 amide bonds. The van der Waals surface area contributed by atoms with Crippen LogP contribution in [-0.4, -0.2) is 11.0 Å². The van der Waals surface area contributed by atoms with Crippen LogP contribution < -0.4 is 0 Å². The zero-order chi connectivity index (χ0) is 14.8. The van der Waals surface area contributed by atoms with Crippen LogP contribution in [0.4, 0.5) is 18.9 Å². The van der Waals surface area contributed by atoms with Gasteiger partial charge in [0.05, 0.1) is 21.6 Å². The highest BCUT2D eigenvalue weighted by Gasteiger charge is 2.35. The normalized spacial score (nSPS) is 11.8. The first-order valence-corrected chi connectivity index (χ1v) is 5.05. The van der Waals surface area contributed by atoms with Crippen molar-refractivity contribution < 1.29 is 22.9 Å². The molecule has 0 spiro atoms. The first kappa shape index (κ1) is 14.8. The molecule has 19 heavy (non-hydrogen) atoms. The number of alkyl halides is 3. The molecule has 0 aliphatic heterocycles. The summed E-state index contributed by atoms with van der Waals surface area (Å²) in [6.45, 7) is 2.74. The van der Waals surface area contributed by atoms with Crippen molar-refractivity contribution in [3.05, 3.63) is 39.4 Å². The predicted octanol–water partition coefficient (Wildman–Crippen LogP) is 3.18. The summed E-state index contributed by atoms with van der Waals surface area (Å²) in [7, 11) is 0. The standard InChI is InChI=1S/C11H9F3N2O3/c1-10(2,15-6-17)8-4-3-7(11(12,13)14)5-9(8)16(18)19/h3-5H,1-2H3. The second kappa shape index (κ2) is 4.81. The zero-order valence-electron chi connectivity index (χ0n) is 9.99. The van der Waals surface area contributed by atoms with Gasteiger partial charge in [0.25, 0.3) is 5.69 Å². The minimum absolute atomic E-state index is 0.0890. The highest BCUT2D eigenvalue weighted by atomic mass is 19.4. The Morgan fingerprint density at radius 3 is 2.32 bits per heavy atom. The molecular formula is C11H9F3N2O3. The molecule has 0 unspecified atom stereocenters. The average molecular weight is 274 g/mol. The van der Waals surface area contributed by atoms with Gasteiger partial charge in [0.1, 0.15) is 0 Å². The van der Waals surface area contributed by atoms with Gasteiger partial charge in [0.2, 0.25) is 6.08 Å². The van der Waals surface area contributed by atoms with Gasteiger partial charge in [0.15, 0.2) is 0 Å². The molecule has 102 valence electrons. The Hall–Kier alpha value is -2.21. The Morgan fingerprint density at radius 1 is 1.32 bits per heavy atom. The van der Waals surface area contributed by atoms with Gasteiger partial charge in [-0.15, -0.1) is 0 Å². The lowest BCUT2D eigenvalue weighted by Gasteiger charge is -2.18. The fourth-order valence-corrected chi connectivity index (χ4v) is 1.55. The first-order valence-electron chi connectivity index (χ1n) is 5.05. The quantitative estimate of drug-likeness (QED) is 0.368. The number of benzene rings is 1. The molecule has 8 heteroatoms. The van der Waals surface area contributed by atoms with Crippen molar-refractivity contribution in [3.8, 4) is 0 Å². The van der Waals surface area contributed by atoms with E-state index in [0.717, 1.165) is 6.07 Å². The van der Waals surface area contributed by atoms with E-state index < -0.39 is 27.9 Å². The fourth-order valence-electron chi connectivity index (χ4n) is 1.55. The zero-order valence-corrected chi connectivity index (χ0v) is 9.99. The van der Waals surface area contributed by atoms with E-state index in [2.05, 4.69) is 4.99 Å². The molecule has 0 radical (unpaired) electrons. The molecule has 1 aromatic carbocycles. The van der Waals surface area contributed by atoms with Crippen LogP contribution in [0.25, 0.3) is 0 Å². The van der Waals surface area contributed by atoms with E-state index in [1.165, 1.54) is 19.9 Å². The van der Waals surface area contributed by atoms with Crippen molar-refractivity contribution in [3.63, 3.8) is 0 Å². The Labute approximate surface area is 105 Å². The summed E-state index contributed by atoms with van der Waals surface area (Å²) in [5, 5.41) is 10.8. The van der Waals surface area contributed by atoms with Gasteiger partial charge in [-0.25, -0.2) is 4.79 Å². The van der Waals surface area contributed by atoms with Crippen LogP contribution in [0.15, 0.2) is 23.2 Å². The van der Waals surface area contributed by atoms with Crippen molar-refractivity contribution >= 4 is 11.8 Å². The summed E-state index contributed by atoms with van der Waals surface area (Å²) < 4.78 is 37.5. The summed E-state index contributed by atoms with van der Waals surface area (Å²) in [5.74, 6) is 0. The molecule has 1 aromatic rings. The van der Waals surface area contributed by atoms with Gasteiger partial charge >= 0.3 is 6.18 Å². The maximum Gasteiger partial charge on any atom is 0.416 e. The lowest BCUT2D eigenvalue weighted by Crippen LogP contribution is -2.17. The number of hydrogen-bond acceptors (Lipinski definition) is 4. The summed E-state index contributed by atoms with van der Waals surface area (Å²) in [5.41, 5.74) is -3.28. The number of rotatable bonds is 3. The van der Waals surface area contributed by atoms with E-state index >= 15 is 0 Å². The monoisotopic (exact) mass is 274 g/mol. The molecule has 0 aromatic heterocycles. The van der Waals surface area contributed by atoms with Crippen molar-refractivity contribution in [2.75, 3.05) is 0 Å². The van der Waals surface area contributed by atoms with Gasteiger partial charge < -0.3 is 0 Å². The molecule has 0 saturated carbocycles. The SMILES string of the molecule is CC(C)(N=C=O)c1ccc(C(F)(F)F)cc1[N+](=O)[O-]. The molecule has 0 heterocycles. The Balaban J connectivity index is 3.52. The van der Waals surface area contributed by atoms with Crippen molar-refractivity contribution in [2.45, 2.75) is 25.6 Å². The molecule has 0 aliphatic rings. The topological polar surface area (TPSA) is 72.6 Å². The molecular weight excluding hydrogens is 265 g/mol. The minimum Gasteiger partial charge on any atom is -0.258 e. The Morgan fingerprint density at radius 2 is 1.89 bits per heavy atom. The average Bonchev–Trinajstić information content (AvgIpc) is 2.26. The van der Waals surface area contributed by atoms with Gasteiger partial charge in [-0.3, -0.25) is 10.1 Å². The highest BCUT2D eigenvalue weighted by molar-refractivity contribution is 5.49. The number of nitrogens with zero attached hydrogens (tertiary/aromatic N) is 2. The van der Waals surface area contributed by atoms with Crippen LogP contribution in [0.1, 0.15) is 25.0 Å². The van der Waals surface area contributed by atoms with E-state index in [1.54, 1.807) is 0 Å². The molecule has 0 atom stereocenters. The Bertz CT molecular complexity index is 561. The summed E-state index contributed by atoms with van der Waals surface area (Å²) in [4.78, 5) is 23.5. The fraction of sp³-hybridized carbons (Fsp3) is 0.364. The van der Waals surface area contributed by atoms with Crippen LogP contribution in [0.3, 0.4) is 0 Å². The minimum atomic E-state index is -4.68. The van der Waals surface area contributed by atoms with Gasteiger partial charge in [-0.1, -0.05) is 0 Å². The third-order valence-corrected chi connectivity index (χ3v) is 2.51. The van der Waals surface area contributed by atoms with Crippen LogP contribution in [0.5, 0.6) is 0 Å². The number of carbonyl (C=O) groups excluding carboxylic acids is 1. The lowest BCUT2D eigenvalue weighted by molar-refractivity contribution is -0.386. The van der Waals surface area contributed by atoms with Crippen LogP contribution in [0.2, 0.25) is 0 Å². The molecule has 0 bridgehead atoms. The Kier molecular flexibility index (Phi) is 3.76. The third-order valence-electron chi connectivity index (χ3n) is 2.51. The van der Waals surface area contributed by atoms with Crippen LogP contribution in [0, 0.1) is 10.1 Å². The molecule has 0 saturated heterocycles. The molecule has 0 aliphatic carbocycles. The van der Waals surface area contributed by atoms with E-state index in [-0.39, 0.29) is 5.56 Å². The van der Waals surface area contributed by atoms with E-state index in [9.17, 15) is 28.1 Å². The largest absolute Gasteiger partial charge is 0.416 e. The molecule has 5 nitrogen and oxygen atoms in total. The second-order valence-corrected chi connectivity index (χ2v) is 4.25. The summed E-state index contributed by atoms with van der Waals surface area (Å²) >= 11 is 0. The van der Waals surface area contributed by atoms with Crippen molar-refractivity contribution in [2.24, 2.45) is 4.99 Å². The molecule has 1 rings (SSSR count). The number of hydrogen-bond donors (Lipinski definition) is 0. The van der Waals surface area contributed by atoms with Crippen LogP contribution in [-0.2, 0) is 16.5 Å². The first-order chi connectivity index (χ1) is 8.59.